The predicted molar refractivity (Wildman–Crippen MR) is 60.7 cm³/mol. The smallest absolute Gasteiger partial charge is 0.280 e. The minimum absolute atomic E-state index is 0.0417. The van der Waals surface area contributed by atoms with Crippen LogP contribution in [0, 0.1) is 6.07 Å². The van der Waals surface area contributed by atoms with Gasteiger partial charge >= 0.3 is 16.0 Å². The maximum Gasteiger partial charge on any atom is 0.560 e. The Morgan fingerprint density at radius 1 is 1.45 bits per heavy atom. The largest absolute Gasteiger partial charge is 0.560 e. The quantitative estimate of drug-likeness (QED) is 0.565. The molecule has 57 valence electrons. The molecule has 0 aliphatic carbocycles. The van der Waals surface area contributed by atoms with E-state index in [1.54, 1.807) is 11.8 Å². The Balaban J connectivity index is 0.000000292. The van der Waals surface area contributed by atoms with Gasteiger partial charge in [0.25, 0.3) is 0 Å². The Morgan fingerprint density at radius 3 is 2.36 bits per heavy atom. The van der Waals surface area contributed by atoms with Crippen LogP contribution in [0.1, 0.15) is 0 Å². The molecule has 11 heavy (non-hydrogen) atoms. The van der Waals surface area contributed by atoms with Crippen LogP contribution in [0.5, 0.6) is 0 Å². The van der Waals surface area contributed by atoms with Crippen molar-refractivity contribution in [1.82, 2.24) is 0 Å². The van der Waals surface area contributed by atoms with Gasteiger partial charge in [0, 0.05) is 4.90 Å². The second kappa shape index (κ2) is 9.38. The van der Waals surface area contributed by atoms with Crippen LogP contribution in [0.25, 0.3) is 0 Å². The van der Waals surface area contributed by atoms with Crippen molar-refractivity contribution in [3.8, 4) is 0 Å². The van der Waals surface area contributed by atoms with Crippen LogP contribution in [0.4, 0.5) is 0 Å². The van der Waals surface area contributed by atoms with Crippen molar-refractivity contribution in [1.29, 1.82) is 0 Å². The molecule has 0 fully saturated rings. The van der Waals surface area contributed by atoms with Crippen molar-refractivity contribution in [2.24, 2.45) is 0 Å². The van der Waals surface area contributed by atoms with Crippen LogP contribution < -0.4 is 0 Å². The average Bonchev–Trinajstić information content (AvgIpc) is 2.08. The maximum absolute atomic E-state index is 3.20. The van der Waals surface area contributed by atoms with E-state index in [0.717, 1.165) is 0 Å². The van der Waals surface area contributed by atoms with Crippen LogP contribution >= 0.6 is 37.5 Å². The van der Waals surface area contributed by atoms with Gasteiger partial charge in [0.05, 0.1) is 0 Å². The van der Waals surface area contributed by atoms with Gasteiger partial charge in [-0.15, -0.1) is 11.8 Å². The Labute approximate surface area is 94.0 Å². The molecule has 0 nitrogen and oxygen atoms in total. The monoisotopic (exact) mass is 305 g/mol. The molecule has 0 aliphatic rings. The molecule has 0 aliphatic heterocycles. The maximum atomic E-state index is 3.20. The fourth-order valence-corrected chi connectivity index (χ4v) is 0.904. The van der Waals surface area contributed by atoms with E-state index < -0.39 is 0 Å². The van der Waals surface area contributed by atoms with E-state index in [4.69, 9.17) is 0 Å². The second-order valence-electron chi connectivity index (χ2n) is 1.53. The topological polar surface area (TPSA) is 0 Å². The van der Waals surface area contributed by atoms with E-state index in [9.17, 15) is 0 Å². The Hall–Kier alpha value is 1.30. The third kappa shape index (κ3) is 7.65. The highest BCUT2D eigenvalue weighted by atomic mass is 79.9. The van der Waals surface area contributed by atoms with Crippen molar-refractivity contribution in [3.05, 3.63) is 30.3 Å². The lowest BCUT2D eigenvalue weighted by Crippen LogP contribution is -1.63. The number of hydrogen-bond acceptors (Lipinski definition) is 1. The van der Waals surface area contributed by atoms with Gasteiger partial charge in [0.15, 0.2) is 0 Å². The molecule has 4 heteroatoms. The van der Waals surface area contributed by atoms with Gasteiger partial charge < -0.3 is 0 Å². The fourth-order valence-electron chi connectivity index (χ4n) is 0.504. The minimum atomic E-state index is 0.0417. The second-order valence-corrected chi connectivity index (χ2v) is 10.5. The first-order chi connectivity index (χ1) is 5.35. The molecule has 0 saturated carbocycles. The molecule has 1 aromatic rings. The highest BCUT2D eigenvalue weighted by Gasteiger charge is 1.81. The Kier molecular flexibility index (Phi) is 10.5. The molecule has 0 spiro atoms. The Bertz CT molecular complexity index is 169. The fraction of sp³-hybridized carbons (Fsp3) is 0.143. The number of benzene rings is 1. The van der Waals surface area contributed by atoms with Gasteiger partial charge in [-0.3, -0.25) is 25.8 Å². The average molecular weight is 307 g/mol. The molecule has 0 N–H and O–H groups in total. The first-order valence-electron chi connectivity index (χ1n) is 2.97. The summed E-state index contributed by atoms with van der Waals surface area (Å²) in [6.45, 7) is 0. The number of hydrogen-bond donors (Lipinski definition) is 0. The van der Waals surface area contributed by atoms with Gasteiger partial charge in [0.1, 0.15) is 0 Å². The lowest BCUT2D eigenvalue weighted by atomic mass is 10.4. The Morgan fingerprint density at radius 2 is 2.09 bits per heavy atom. The van der Waals surface area contributed by atoms with Crippen LogP contribution in [-0.4, -0.2) is 22.3 Å². The lowest BCUT2D eigenvalue weighted by molar-refractivity contribution is 1.45. The summed E-state index contributed by atoms with van der Waals surface area (Å²) in [6, 6.07) is 11.0. The van der Waals surface area contributed by atoms with E-state index >= 15 is 0 Å². The third-order valence-electron chi connectivity index (χ3n) is 0.900. The first-order valence-corrected chi connectivity index (χ1v) is 12.0. The van der Waals surface area contributed by atoms with E-state index in [1.807, 2.05) is 30.5 Å². The highest BCUT2D eigenvalue weighted by Crippen LogP contribution is 2.10. The summed E-state index contributed by atoms with van der Waals surface area (Å²) in [7, 11) is 0. The van der Waals surface area contributed by atoms with E-state index in [2.05, 4.69) is 31.8 Å². The van der Waals surface area contributed by atoms with Gasteiger partial charge in [-0.1, -0.05) is 18.2 Å². The van der Waals surface area contributed by atoms with Crippen molar-refractivity contribution >= 4 is 53.6 Å². The third-order valence-corrected chi connectivity index (χ3v) is 1.59. The van der Waals surface area contributed by atoms with Gasteiger partial charge in [-0.05, 0) is 18.4 Å². The van der Waals surface area contributed by atoms with Crippen LogP contribution in [0.3, 0.4) is 0 Å². The molecule has 1 aromatic carbocycles. The molecule has 1 rings (SSSR count). The molecule has 0 saturated heterocycles. The molecule has 0 unspecified atom stereocenters. The van der Waals surface area contributed by atoms with E-state index in [0.29, 0.717) is 0 Å². The molecule has 0 aromatic heterocycles. The SMILES string of the molecule is CSc1[c]cccc1.[Br][Mg][Br]. The first kappa shape index (κ1) is 12.3. The van der Waals surface area contributed by atoms with Crippen molar-refractivity contribution in [2.75, 3.05) is 6.26 Å². The van der Waals surface area contributed by atoms with E-state index in [1.165, 1.54) is 4.90 Å². The van der Waals surface area contributed by atoms with Crippen molar-refractivity contribution in [2.45, 2.75) is 4.90 Å². The van der Waals surface area contributed by atoms with Crippen LogP contribution in [0.15, 0.2) is 29.2 Å². The summed E-state index contributed by atoms with van der Waals surface area (Å²) in [5, 5.41) is 0. The summed E-state index contributed by atoms with van der Waals surface area (Å²) >= 11 is 8.16. The molecule has 1 radical (unpaired) electrons. The normalized spacial score (nSPS) is 7.55. The number of rotatable bonds is 1. The van der Waals surface area contributed by atoms with Crippen molar-refractivity contribution < 1.29 is 0 Å². The highest BCUT2D eigenvalue weighted by molar-refractivity contribution is 9.47. The van der Waals surface area contributed by atoms with Crippen LogP contribution in [0.2, 0.25) is 0 Å². The van der Waals surface area contributed by atoms with E-state index in [-0.39, 0.29) is 16.0 Å². The lowest BCUT2D eigenvalue weighted by Gasteiger charge is -1.88. The summed E-state index contributed by atoms with van der Waals surface area (Å²) in [4.78, 5) is 1.20. The van der Waals surface area contributed by atoms with Crippen LogP contribution in [-0.2, 0) is 0 Å². The summed E-state index contributed by atoms with van der Waals surface area (Å²) in [6.07, 6.45) is 2.05. The van der Waals surface area contributed by atoms with Gasteiger partial charge in [-0.2, -0.15) is 0 Å². The van der Waals surface area contributed by atoms with Gasteiger partial charge in [-0.25, -0.2) is 0 Å². The van der Waals surface area contributed by atoms with Crippen molar-refractivity contribution in [3.63, 3.8) is 0 Å². The molecular weight excluding hydrogens is 300 g/mol. The number of thioether (sulfide) groups is 1. The zero-order valence-corrected chi connectivity index (χ0v) is 11.6. The standard InChI is InChI=1S/C7H7S.2BrH.Mg/c1-8-7-5-3-2-4-6-7;;;/h2-5H,1H3;2*1H;/q;;;+2/p-2. The summed E-state index contributed by atoms with van der Waals surface area (Å²) < 4.78 is 0. The van der Waals surface area contributed by atoms with Gasteiger partial charge in [0.2, 0.25) is 0 Å². The molecule has 0 bridgehead atoms. The summed E-state index contributed by atoms with van der Waals surface area (Å²) in [5.74, 6) is 0. The molecule has 0 heterocycles. The molecular formula is C7H7Br2MgS. The minimum Gasteiger partial charge on any atom is -0.280 e. The summed E-state index contributed by atoms with van der Waals surface area (Å²) in [5.41, 5.74) is 0. The molecule has 0 atom stereocenters. The zero-order chi connectivity index (χ0) is 8.53. The zero-order valence-electron chi connectivity index (χ0n) is 6.18. The molecule has 0 amide bonds. The number of halogens is 2. The predicted octanol–water partition coefficient (Wildman–Crippen LogP) is 3.52.